The van der Waals surface area contributed by atoms with Crippen molar-refractivity contribution in [2.24, 2.45) is 0 Å². The number of hydrogen-bond donors (Lipinski definition) is 0. The van der Waals surface area contributed by atoms with Gasteiger partial charge in [-0.2, -0.15) is 5.26 Å². The lowest BCUT2D eigenvalue weighted by Crippen LogP contribution is -2.33. The number of rotatable bonds is 8. The smallest absolute Gasteiger partial charge is 0.262 e. The van der Waals surface area contributed by atoms with Crippen LogP contribution in [-0.2, 0) is 11.3 Å². The number of hydrogen-bond acceptors (Lipinski definition) is 6. The van der Waals surface area contributed by atoms with Gasteiger partial charge in [0.05, 0.1) is 42.0 Å². The molecule has 0 aliphatic rings. The normalized spacial score (nSPS) is 10.9. The molecule has 0 aliphatic carbocycles. The minimum absolute atomic E-state index is 0.0561. The SMILES string of the molecule is N#CCCN(C(=O)CSc1nc2cc(Cl)ccc2c(=O)n1Cc1ccco1)c1ccc(F)cc1. The number of fused-ring (bicyclic) bond motifs is 1. The van der Waals surface area contributed by atoms with Gasteiger partial charge >= 0.3 is 0 Å². The number of benzene rings is 2. The Labute approximate surface area is 203 Å². The van der Waals surface area contributed by atoms with Crippen LogP contribution >= 0.6 is 23.4 Å². The Kier molecular flexibility index (Phi) is 7.30. The highest BCUT2D eigenvalue weighted by molar-refractivity contribution is 7.99. The van der Waals surface area contributed by atoms with Crippen LogP contribution in [0.3, 0.4) is 0 Å². The minimum atomic E-state index is -0.424. The molecule has 1 amide bonds. The zero-order chi connectivity index (χ0) is 24.1. The first kappa shape index (κ1) is 23.5. The highest BCUT2D eigenvalue weighted by Crippen LogP contribution is 2.23. The van der Waals surface area contributed by atoms with Gasteiger partial charge in [-0.3, -0.25) is 14.2 Å². The van der Waals surface area contributed by atoms with Gasteiger partial charge in [0, 0.05) is 17.3 Å². The fourth-order valence-electron chi connectivity index (χ4n) is 3.37. The number of nitrogens with zero attached hydrogens (tertiary/aromatic N) is 4. The summed E-state index contributed by atoms with van der Waals surface area (Å²) in [7, 11) is 0. The lowest BCUT2D eigenvalue weighted by atomic mass is 10.2. The third-order valence-electron chi connectivity index (χ3n) is 4.99. The van der Waals surface area contributed by atoms with E-state index in [1.807, 2.05) is 6.07 Å². The monoisotopic (exact) mass is 496 g/mol. The molecule has 172 valence electrons. The summed E-state index contributed by atoms with van der Waals surface area (Å²) in [5.74, 6) is -0.226. The van der Waals surface area contributed by atoms with E-state index < -0.39 is 5.82 Å². The molecule has 0 fully saturated rings. The summed E-state index contributed by atoms with van der Waals surface area (Å²) in [6.07, 6.45) is 1.63. The van der Waals surface area contributed by atoms with Gasteiger partial charge in [-0.05, 0) is 54.6 Å². The first-order valence-corrected chi connectivity index (χ1v) is 11.6. The van der Waals surface area contributed by atoms with E-state index in [9.17, 15) is 14.0 Å². The van der Waals surface area contributed by atoms with Gasteiger partial charge in [-0.25, -0.2) is 9.37 Å². The number of anilines is 1. The van der Waals surface area contributed by atoms with Crippen LogP contribution in [0.2, 0.25) is 5.02 Å². The molecule has 0 N–H and O–H groups in total. The number of amides is 1. The first-order valence-electron chi connectivity index (χ1n) is 10.2. The number of halogens is 2. The Bertz CT molecular complexity index is 1420. The van der Waals surface area contributed by atoms with Crippen molar-refractivity contribution >= 4 is 45.9 Å². The molecular weight excluding hydrogens is 479 g/mol. The third-order valence-corrected chi connectivity index (χ3v) is 6.18. The van der Waals surface area contributed by atoms with Crippen molar-refractivity contribution in [3.05, 3.63) is 87.8 Å². The van der Waals surface area contributed by atoms with Gasteiger partial charge in [0.15, 0.2) is 5.16 Å². The van der Waals surface area contributed by atoms with Crippen LogP contribution in [0.25, 0.3) is 10.9 Å². The number of thioether (sulfide) groups is 1. The van der Waals surface area contributed by atoms with Crippen LogP contribution in [-0.4, -0.2) is 27.8 Å². The summed E-state index contributed by atoms with van der Waals surface area (Å²) >= 11 is 7.18. The van der Waals surface area contributed by atoms with Crippen molar-refractivity contribution in [2.45, 2.75) is 18.1 Å². The van der Waals surface area contributed by atoms with Crippen molar-refractivity contribution in [1.29, 1.82) is 5.26 Å². The topological polar surface area (TPSA) is 92.1 Å². The van der Waals surface area contributed by atoms with Gasteiger partial charge in [0.1, 0.15) is 11.6 Å². The van der Waals surface area contributed by atoms with E-state index in [1.54, 1.807) is 30.3 Å². The molecule has 0 saturated carbocycles. The summed E-state index contributed by atoms with van der Waals surface area (Å²) in [5.41, 5.74) is 0.615. The van der Waals surface area contributed by atoms with Crippen LogP contribution in [0.5, 0.6) is 0 Å². The highest BCUT2D eigenvalue weighted by atomic mass is 35.5. The molecule has 2 heterocycles. The second-order valence-corrected chi connectivity index (χ2v) is 8.62. The zero-order valence-electron chi connectivity index (χ0n) is 17.8. The lowest BCUT2D eigenvalue weighted by Gasteiger charge is -2.22. The van der Waals surface area contributed by atoms with E-state index in [4.69, 9.17) is 21.3 Å². The molecule has 10 heteroatoms. The van der Waals surface area contributed by atoms with E-state index in [0.717, 1.165) is 11.8 Å². The maximum absolute atomic E-state index is 13.3. The van der Waals surface area contributed by atoms with Gasteiger partial charge in [-0.1, -0.05) is 23.4 Å². The van der Waals surface area contributed by atoms with Crippen molar-refractivity contribution in [2.75, 3.05) is 17.2 Å². The molecular formula is C24H18ClFN4O3S. The second kappa shape index (κ2) is 10.5. The van der Waals surface area contributed by atoms with Crippen molar-refractivity contribution in [3.8, 4) is 6.07 Å². The molecule has 0 bridgehead atoms. The van der Waals surface area contributed by atoms with E-state index in [-0.39, 0.29) is 36.7 Å². The molecule has 0 radical (unpaired) electrons. The zero-order valence-corrected chi connectivity index (χ0v) is 19.4. The van der Waals surface area contributed by atoms with E-state index >= 15 is 0 Å². The van der Waals surface area contributed by atoms with Gasteiger partial charge < -0.3 is 9.32 Å². The summed E-state index contributed by atoms with van der Waals surface area (Å²) in [5, 5.41) is 10.1. The number of furan rings is 1. The molecule has 34 heavy (non-hydrogen) atoms. The van der Waals surface area contributed by atoms with Crippen LogP contribution < -0.4 is 10.5 Å². The molecule has 0 unspecified atom stereocenters. The Morgan fingerprint density at radius 3 is 2.74 bits per heavy atom. The lowest BCUT2D eigenvalue weighted by molar-refractivity contribution is -0.116. The van der Waals surface area contributed by atoms with E-state index in [2.05, 4.69) is 4.98 Å². The summed E-state index contributed by atoms with van der Waals surface area (Å²) < 4.78 is 20.2. The fraction of sp³-hybridized carbons (Fsp3) is 0.167. The third kappa shape index (κ3) is 5.30. The van der Waals surface area contributed by atoms with E-state index in [0.29, 0.717) is 32.5 Å². The summed E-state index contributed by atoms with van der Waals surface area (Å²) in [6, 6.07) is 15.8. The molecule has 4 rings (SSSR count). The minimum Gasteiger partial charge on any atom is -0.467 e. The summed E-state index contributed by atoms with van der Waals surface area (Å²) in [6.45, 7) is 0.297. The Morgan fingerprint density at radius 1 is 1.24 bits per heavy atom. The number of nitriles is 1. The molecule has 0 atom stereocenters. The molecule has 2 aromatic heterocycles. The Balaban J connectivity index is 1.65. The number of carbonyl (C=O) groups is 1. The average Bonchev–Trinajstić information content (AvgIpc) is 3.34. The molecule has 0 saturated heterocycles. The Morgan fingerprint density at radius 2 is 2.03 bits per heavy atom. The summed E-state index contributed by atoms with van der Waals surface area (Å²) in [4.78, 5) is 32.3. The van der Waals surface area contributed by atoms with Crippen molar-refractivity contribution < 1.29 is 13.6 Å². The molecule has 0 spiro atoms. The number of carbonyl (C=O) groups excluding carboxylic acids is 1. The maximum atomic E-state index is 13.3. The quantitative estimate of drug-likeness (QED) is 0.255. The Hall–Kier alpha value is -3.61. The predicted octanol–water partition coefficient (Wildman–Crippen LogP) is 4.87. The predicted molar refractivity (Wildman–Crippen MR) is 129 cm³/mol. The highest BCUT2D eigenvalue weighted by Gasteiger charge is 2.19. The average molecular weight is 497 g/mol. The molecule has 0 aliphatic heterocycles. The molecule has 7 nitrogen and oxygen atoms in total. The number of aromatic nitrogens is 2. The van der Waals surface area contributed by atoms with Crippen molar-refractivity contribution in [3.63, 3.8) is 0 Å². The standard InChI is InChI=1S/C24H18ClFN4O3S/c25-16-4-9-20-21(13-16)28-24(30(23(20)32)14-19-3-1-12-33-19)34-15-22(31)29(11-2-10-27)18-7-5-17(26)6-8-18/h1,3-9,12-13H,2,11,14-15H2. The first-order chi connectivity index (χ1) is 16.5. The second-order valence-electron chi connectivity index (χ2n) is 7.25. The largest absolute Gasteiger partial charge is 0.467 e. The van der Waals surface area contributed by atoms with Crippen LogP contribution in [0.1, 0.15) is 12.2 Å². The maximum Gasteiger partial charge on any atom is 0.262 e. The fourth-order valence-corrected chi connectivity index (χ4v) is 4.41. The van der Waals surface area contributed by atoms with Crippen LogP contribution in [0.4, 0.5) is 10.1 Å². The van der Waals surface area contributed by atoms with Gasteiger partial charge in [-0.15, -0.1) is 0 Å². The molecule has 2 aromatic carbocycles. The van der Waals surface area contributed by atoms with Crippen molar-refractivity contribution in [1.82, 2.24) is 9.55 Å². The van der Waals surface area contributed by atoms with E-state index in [1.165, 1.54) is 40.0 Å². The van der Waals surface area contributed by atoms with Gasteiger partial charge in [0.25, 0.3) is 5.56 Å². The van der Waals surface area contributed by atoms with Crippen LogP contribution in [0.15, 0.2) is 75.2 Å². The molecule has 4 aromatic rings. The van der Waals surface area contributed by atoms with Crippen LogP contribution in [0, 0.1) is 17.1 Å². The van der Waals surface area contributed by atoms with Gasteiger partial charge in [0.2, 0.25) is 5.91 Å².